The molecule has 0 spiro atoms. The lowest BCUT2D eigenvalue weighted by molar-refractivity contribution is -0.386. The first-order valence-electron chi connectivity index (χ1n) is 10.6. The van der Waals surface area contributed by atoms with Gasteiger partial charge in [0, 0.05) is 5.02 Å². The van der Waals surface area contributed by atoms with Crippen molar-refractivity contribution in [2.45, 2.75) is 4.90 Å². The largest absolute Gasteiger partial charge is 0.456 e. The second kappa shape index (κ2) is 11.1. The molecule has 194 valence electrons. The number of amides is 1. The number of hydrogen-bond donors (Lipinski definition) is 2. The molecule has 4 aromatic rings. The minimum atomic E-state index is -4.20. The number of sulfonamides is 1. The molecule has 0 aromatic heterocycles. The van der Waals surface area contributed by atoms with Gasteiger partial charge in [-0.2, -0.15) is 4.39 Å². The fourth-order valence-electron chi connectivity index (χ4n) is 3.33. The van der Waals surface area contributed by atoms with E-state index in [1.54, 1.807) is 24.3 Å². The van der Waals surface area contributed by atoms with Gasteiger partial charge in [0.15, 0.2) is 0 Å². The van der Waals surface area contributed by atoms with Gasteiger partial charge >= 0.3 is 5.69 Å². The lowest BCUT2D eigenvalue weighted by atomic mass is 10.1. The molecule has 0 aliphatic carbocycles. The van der Waals surface area contributed by atoms with Crippen molar-refractivity contribution in [1.29, 1.82) is 0 Å². The van der Waals surface area contributed by atoms with Crippen LogP contribution >= 0.6 is 23.2 Å². The van der Waals surface area contributed by atoms with Crippen molar-refractivity contribution in [3.05, 3.63) is 116 Å². The van der Waals surface area contributed by atoms with E-state index in [2.05, 4.69) is 10.0 Å². The Morgan fingerprint density at radius 2 is 1.63 bits per heavy atom. The quantitative estimate of drug-likeness (QED) is 0.174. The molecule has 9 nitrogen and oxygen atoms in total. The third-order valence-electron chi connectivity index (χ3n) is 5.09. The first-order chi connectivity index (χ1) is 18.0. The number of halogens is 3. The maximum Gasteiger partial charge on any atom is 0.328 e. The molecular weight excluding hydrogens is 560 g/mol. The van der Waals surface area contributed by atoms with Crippen LogP contribution in [0.5, 0.6) is 11.5 Å². The van der Waals surface area contributed by atoms with Gasteiger partial charge in [-0.25, -0.2) is 8.42 Å². The van der Waals surface area contributed by atoms with Gasteiger partial charge in [-0.05, 0) is 66.7 Å². The van der Waals surface area contributed by atoms with Crippen LogP contribution in [-0.4, -0.2) is 19.2 Å². The zero-order valence-corrected chi connectivity index (χ0v) is 21.4. The number of carbonyl (C=O) groups is 1. The molecule has 0 saturated carbocycles. The summed E-state index contributed by atoms with van der Waals surface area (Å²) in [6, 6.07) is 19.2. The van der Waals surface area contributed by atoms with Crippen LogP contribution in [-0.2, 0) is 10.0 Å². The molecule has 0 bridgehead atoms. The lowest BCUT2D eigenvalue weighted by Crippen LogP contribution is -2.19. The van der Waals surface area contributed by atoms with E-state index in [0.717, 1.165) is 12.1 Å². The molecule has 2 N–H and O–H groups in total. The Labute approximate surface area is 226 Å². The molecule has 0 radical (unpaired) electrons. The van der Waals surface area contributed by atoms with Gasteiger partial charge in [0.25, 0.3) is 15.9 Å². The van der Waals surface area contributed by atoms with Crippen molar-refractivity contribution >= 4 is 56.2 Å². The summed E-state index contributed by atoms with van der Waals surface area (Å²) in [6.07, 6.45) is 0. The number of nitrogens with one attached hydrogen (secondary N) is 2. The minimum absolute atomic E-state index is 0.0907. The maximum atomic E-state index is 14.0. The van der Waals surface area contributed by atoms with Crippen LogP contribution in [0.15, 0.2) is 89.8 Å². The average molecular weight is 576 g/mol. The summed E-state index contributed by atoms with van der Waals surface area (Å²) in [6.45, 7) is 0. The Balaban J connectivity index is 1.58. The molecule has 0 atom stereocenters. The van der Waals surface area contributed by atoms with Gasteiger partial charge in [-0.1, -0.05) is 41.4 Å². The second-order valence-corrected chi connectivity index (χ2v) is 10.2. The zero-order valence-electron chi connectivity index (χ0n) is 19.0. The number of hydrogen-bond acceptors (Lipinski definition) is 6. The number of benzene rings is 4. The lowest BCUT2D eigenvalue weighted by Gasteiger charge is -2.14. The maximum absolute atomic E-state index is 14.0. The van der Waals surface area contributed by atoms with Crippen LogP contribution in [0, 0.1) is 15.9 Å². The van der Waals surface area contributed by atoms with E-state index in [1.165, 1.54) is 48.5 Å². The summed E-state index contributed by atoms with van der Waals surface area (Å²) >= 11 is 12.1. The highest BCUT2D eigenvalue weighted by atomic mass is 35.5. The van der Waals surface area contributed by atoms with E-state index in [9.17, 15) is 27.7 Å². The van der Waals surface area contributed by atoms with Gasteiger partial charge in [-0.15, -0.1) is 0 Å². The molecule has 0 fully saturated rings. The Morgan fingerprint density at radius 3 is 2.32 bits per heavy atom. The molecule has 0 heterocycles. The highest BCUT2D eigenvalue weighted by Crippen LogP contribution is 2.31. The number of carbonyl (C=O) groups excluding carboxylic acids is 1. The molecule has 4 rings (SSSR count). The standard InChI is InChI=1S/C25H16Cl2FN3O6S/c26-15-8-13-21(18(14-15)25(32)29-22-6-3-5-20(28)24(22)31(33)34)30-38(35,36)17-11-9-16(10-12-17)37-23-7-2-1-4-19(23)27/h1-14,30H,(H,29,32). The van der Waals surface area contributed by atoms with Crippen molar-refractivity contribution in [2.24, 2.45) is 0 Å². The number of nitrogens with zero attached hydrogens (tertiary/aromatic N) is 1. The summed E-state index contributed by atoms with van der Waals surface area (Å²) < 4.78 is 48.0. The van der Waals surface area contributed by atoms with Crippen LogP contribution in [0.3, 0.4) is 0 Å². The Hall–Kier alpha value is -4.19. The van der Waals surface area contributed by atoms with Crippen molar-refractivity contribution < 1.29 is 27.3 Å². The summed E-state index contributed by atoms with van der Waals surface area (Å²) in [5.41, 5.74) is -1.77. The smallest absolute Gasteiger partial charge is 0.328 e. The van der Waals surface area contributed by atoms with E-state index < -0.39 is 38.0 Å². The fourth-order valence-corrected chi connectivity index (χ4v) is 4.76. The summed E-state index contributed by atoms with van der Waals surface area (Å²) in [7, 11) is -4.20. The van der Waals surface area contributed by atoms with Gasteiger partial charge in [0.1, 0.15) is 17.2 Å². The predicted octanol–water partition coefficient (Wildman–Crippen LogP) is 6.89. The number of nitro groups is 1. The molecule has 13 heteroatoms. The summed E-state index contributed by atoms with van der Waals surface area (Å²) in [5.74, 6) is -1.39. The third kappa shape index (κ3) is 6.02. The number of ether oxygens (including phenoxy) is 1. The van der Waals surface area contributed by atoms with Crippen LogP contribution in [0.25, 0.3) is 0 Å². The SMILES string of the molecule is O=C(Nc1cccc(F)c1[N+](=O)[O-])c1cc(Cl)ccc1NS(=O)(=O)c1ccc(Oc2ccccc2Cl)cc1. The van der Waals surface area contributed by atoms with Gasteiger partial charge in [0.2, 0.25) is 5.82 Å². The summed E-state index contributed by atoms with van der Waals surface area (Å²) in [4.78, 5) is 23.1. The molecule has 38 heavy (non-hydrogen) atoms. The minimum Gasteiger partial charge on any atom is -0.456 e. The van der Waals surface area contributed by atoms with Crippen molar-refractivity contribution in [1.82, 2.24) is 0 Å². The number of nitro benzene ring substituents is 1. The van der Waals surface area contributed by atoms with Gasteiger partial charge < -0.3 is 10.1 Å². The number of rotatable bonds is 8. The Morgan fingerprint density at radius 1 is 0.921 bits per heavy atom. The highest BCUT2D eigenvalue weighted by Gasteiger charge is 2.24. The van der Waals surface area contributed by atoms with E-state index >= 15 is 0 Å². The van der Waals surface area contributed by atoms with Crippen LogP contribution in [0.2, 0.25) is 10.0 Å². The fraction of sp³-hybridized carbons (Fsp3) is 0. The highest BCUT2D eigenvalue weighted by molar-refractivity contribution is 7.92. The molecular formula is C25H16Cl2FN3O6S. The molecule has 0 aliphatic heterocycles. The normalized spacial score (nSPS) is 11.0. The Kier molecular flexibility index (Phi) is 7.81. The zero-order chi connectivity index (χ0) is 27.4. The first kappa shape index (κ1) is 26.9. The van der Waals surface area contributed by atoms with E-state index in [1.807, 2.05) is 0 Å². The van der Waals surface area contributed by atoms with E-state index in [0.29, 0.717) is 16.5 Å². The van der Waals surface area contributed by atoms with Crippen LogP contribution in [0.1, 0.15) is 10.4 Å². The molecule has 1 amide bonds. The van der Waals surface area contributed by atoms with Crippen molar-refractivity contribution in [3.63, 3.8) is 0 Å². The topological polar surface area (TPSA) is 128 Å². The number of anilines is 2. The van der Waals surface area contributed by atoms with Crippen LogP contribution in [0.4, 0.5) is 21.5 Å². The van der Waals surface area contributed by atoms with Gasteiger partial charge in [0.05, 0.1) is 26.1 Å². The monoisotopic (exact) mass is 575 g/mol. The third-order valence-corrected chi connectivity index (χ3v) is 7.02. The number of para-hydroxylation sites is 2. The molecule has 0 unspecified atom stereocenters. The second-order valence-electron chi connectivity index (χ2n) is 7.65. The van der Waals surface area contributed by atoms with Crippen molar-refractivity contribution in [3.8, 4) is 11.5 Å². The van der Waals surface area contributed by atoms with Crippen LogP contribution < -0.4 is 14.8 Å². The first-order valence-corrected chi connectivity index (χ1v) is 12.9. The van der Waals surface area contributed by atoms with E-state index in [-0.39, 0.29) is 21.2 Å². The molecule has 0 saturated heterocycles. The van der Waals surface area contributed by atoms with Gasteiger partial charge in [-0.3, -0.25) is 19.6 Å². The van der Waals surface area contributed by atoms with E-state index in [4.69, 9.17) is 27.9 Å². The molecule has 4 aromatic carbocycles. The van der Waals surface area contributed by atoms with Crippen molar-refractivity contribution in [2.75, 3.05) is 10.0 Å². The molecule has 0 aliphatic rings. The average Bonchev–Trinajstić information content (AvgIpc) is 2.86. The Bertz CT molecular complexity index is 1650. The summed E-state index contributed by atoms with van der Waals surface area (Å²) in [5, 5.41) is 14.0. The predicted molar refractivity (Wildman–Crippen MR) is 141 cm³/mol.